The highest BCUT2D eigenvalue weighted by molar-refractivity contribution is 6.05. The van der Waals surface area contributed by atoms with Crippen molar-refractivity contribution in [3.63, 3.8) is 0 Å². The van der Waals surface area contributed by atoms with Crippen LogP contribution in [0.4, 0.5) is 13.2 Å². The van der Waals surface area contributed by atoms with Crippen LogP contribution in [0.2, 0.25) is 0 Å². The lowest BCUT2D eigenvalue weighted by atomic mass is 9.97. The molecule has 0 bridgehead atoms. The van der Waals surface area contributed by atoms with E-state index in [-0.39, 0.29) is 5.56 Å². The fourth-order valence-electron chi connectivity index (χ4n) is 1.70. The van der Waals surface area contributed by atoms with Crippen molar-refractivity contribution in [1.82, 2.24) is 0 Å². The van der Waals surface area contributed by atoms with Gasteiger partial charge in [0.25, 0.3) is 5.78 Å². The summed E-state index contributed by atoms with van der Waals surface area (Å²) in [6.07, 6.45) is -4.86. The van der Waals surface area contributed by atoms with Crippen molar-refractivity contribution in [2.24, 2.45) is 0 Å². The van der Waals surface area contributed by atoms with Crippen LogP contribution in [-0.4, -0.2) is 12.0 Å². The molecule has 2 aromatic carbocycles. The van der Waals surface area contributed by atoms with Gasteiger partial charge < -0.3 is 0 Å². The molecule has 0 aliphatic heterocycles. The van der Waals surface area contributed by atoms with E-state index in [0.717, 1.165) is 0 Å². The van der Waals surface area contributed by atoms with Crippen molar-refractivity contribution < 1.29 is 18.0 Å². The monoisotopic (exact) mass is 249 g/mol. The molecule has 2 rings (SSSR count). The molecule has 18 heavy (non-hydrogen) atoms. The number of hydrogen-bond acceptors (Lipinski definition) is 1. The topological polar surface area (TPSA) is 17.1 Å². The Morgan fingerprint density at radius 2 is 1.39 bits per heavy atom. The van der Waals surface area contributed by atoms with E-state index < -0.39 is 12.0 Å². The highest BCUT2D eigenvalue weighted by Crippen LogP contribution is 2.29. The highest BCUT2D eigenvalue weighted by atomic mass is 19.3. The van der Waals surface area contributed by atoms with Gasteiger partial charge in [-0.1, -0.05) is 54.6 Å². The van der Waals surface area contributed by atoms with E-state index in [1.165, 1.54) is 18.2 Å². The van der Waals surface area contributed by atoms with Gasteiger partial charge in [-0.25, -0.2) is 0 Å². The third-order valence-electron chi connectivity index (χ3n) is 2.51. The molecule has 0 saturated heterocycles. The first-order valence-electron chi connectivity index (χ1n) is 5.26. The molecule has 0 aliphatic rings. The predicted molar refractivity (Wildman–Crippen MR) is 62.3 cm³/mol. The zero-order chi connectivity index (χ0) is 13.2. The molecule has 0 fully saturated rings. The molecule has 0 radical (unpaired) electrons. The first kappa shape index (κ1) is 12.4. The molecule has 0 N–H and O–H groups in total. The van der Waals surface area contributed by atoms with Gasteiger partial charge in [0.05, 0.1) is 0 Å². The molecule has 0 saturated carbocycles. The Morgan fingerprint density at radius 1 is 0.833 bits per heavy atom. The van der Waals surface area contributed by atoms with Crippen LogP contribution in [-0.2, 0) is 0 Å². The fraction of sp³-hybridized carbons (Fsp3) is 0.0714. The summed E-state index contributed by atoms with van der Waals surface area (Å²) in [5, 5.41) is 0. The Morgan fingerprint density at radius 3 is 2.00 bits per heavy atom. The Bertz CT molecular complexity index is 559. The molecule has 0 aromatic heterocycles. The first-order valence-corrected chi connectivity index (χ1v) is 5.26. The van der Waals surface area contributed by atoms with Crippen LogP contribution in [0.3, 0.4) is 0 Å². The fourth-order valence-corrected chi connectivity index (χ4v) is 1.70. The number of benzene rings is 2. The van der Waals surface area contributed by atoms with Gasteiger partial charge in [-0.15, -0.1) is 0 Å². The number of halogens is 3. The molecule has 0 heterocycles. The second kappa shape index (κ2) is 4.64. The number of ketones is 1. The summed E-state index contributed by atoms with van der Waals surface area (Å²) in [5.74, 6) is -1.82. The van der Waals surface area contributed by atoms with Crippen LogP contribution in [0.25, 0.3) is 11.1 Å². The Balaban J connectivity index is 2.54. The lowest BCUT2D eigenvalue weighted by Crippen LogP contribution is -2.23. The SMILES string of the molecule is O=C(c1ccccc1-c1ccccc1)C(F)(F)[18F]. The van der Waals surface area contributed by atoms with E-state index in [0.29, 0.717) is 11.1 Å². The minimum atomic E-state index is -4.86. The molecule has 0 unspecified atom stereocenters. The van der Waals surface area contributed by atoms with Crippen LogP contribution in [0.15, 0.2) is 54.6 Å². The van der Waals surface area contributed by atoms with Gasteiger partial charge in [0.2, 0.25) is 0 Å². The molecular formula is C14H9F3O. The summed E-state index contributed by atoms with van der Waals surface area (Å²) in [5.41, 5.74) is 0.558. The molecule has 0 atom stereocenters. The maximum Gasteiger partial charge on any atom is 0.454 e. The number of carbonyl (C=O) groups is 1. The largest absolute Gasteiger partial charge is 0.454 e. The van der Waals surface area contributed by atoms with E-state index in [9.17, 15) is 18.0 Å². The average molecular weight is 249 g/mol. The minimum Gasteiger partial charge on any atom is -0.284 e. The average Bonchev–Trinajstić information content (AvgIpc) is 2.38. The number of alkyl halides is 3. The molecule has 92 valence electrons. The van der Waals surface area contributed by atoms with Crippen LogP contribution >= 0.6 is 0 Å². The van der Waals surface area contributed by atoms with E-state index in [4.69, 9.17) is 0 Å². The predicted octanol–water partition coefficient (Wildman–Crippen LogP) is 4.10. The van der Waals surface area contributed by atoms with E-state index in [1.807, 2.05) is 0 Å². The first-order chi connectivity index (χ1) is 8.50. The zero-order valence-electron chi connectivity index (χ0n) is 9.24. The van der Waals surface area contributed by atoms with Crippen molar-refractivity contribution in [1.29, 1.82) is 0 Å². The quantitative estimate of drug-likeness (QED) is 0.732. The van der Waals surface area contributed by atoms with Gasteiger partial charge in [0.15, 0.2) is 0 Å². The maximum atomic E-state index is 12.5. The second-order valence-electron chi connectivity index (χ2n) is 3.74. The van der Waals surface area contributed by atoms with Crippen LogP contribution < -0.4 is 0 Å². The smallest absolute Gasteiger partial charge is 0.284 e. The van der Waals surface area contributed by atoms with Gasteiger partial charge in [-0.05, 0) is 11.1 Å². The highest BCUT2D eigenvalue weighted by Gasteiger charge is 2.40. The van der Waals surface area contributed by atoms with Gasteiger partial charge in [-0.2, -0.15) is 13.2 Å². The van der Waals surface area contributed by atoms with Crippen molar-refractivity contribution in [2.45, 2.75) is 6.18 Å². The minimum absolute atomic E-state index is 0.292. The molecule has 0 amide bonds. The molecular weight excluding hydrogens is 240 g/mol. The Labute approximate surface area is 102 Å². The van der Waals surface area contributed by atoms with Gasteiger partial charge in [0.1, 0.15) is 0 Å². The van der Waals surface area contributed by atoms with Gasteiger partial charge in [0, 0.05) is 5.56 Å². The third kappa shape index (κ3) is 2.42. The van der Waals surface area contributed by atoms with Gasteiger partial charge in [-0.3, -0.25) is 4.79 Å². The van der Waals surface area contributed by atoms with Crippen LogP contribution in [0, 0.1) is 0 Å². The second-order valence-corrected chi connectivity index (χ2v) is 3.74. The van der Waals surface area contributed by atoms with E-state index in [1.54, 1.807) is 36.4 Å². The standard InChI is InChI=1S/C14H9F3O/c15-14(16,17)13(18)12-9-5-4-8-11(12)10-6-2-1-3-7-10/h1-9H/i15-1. The molecule has 2 aromatic rings. The third-order valence-corrected chi connectivity index (χ3v) is 2.51. The normalized spacial score (nSPS) is 11.3. The maximum absolute atomic E-state index is 12.5. The lowest BCUT2D eigenvalue weighted by Gasteiger charge is -2.10. The van der Waals surface area contributed by atoms with Crippen molar-refractivity contribution in [3.8, 4) is 11.1 Å². The molecule has 4 heteroatoms. The number of rotatable bonds is 2. The lowest BCUT2D eigenvalue weighted by molar-refractivity contribution is -0.0884. The molecule has 0 aliphatic carbocycles. The van der Waals surface area contributed by atoms with E-state index >= 15 is 0 Å². The van der Waals surface area contributed by atoms with Crippen molar-refractivity contribution >= 4 is 5.78 Å². The summed E-state index contributed by atoms with van der Waals surface area (Å²) in [6.45, 7) is 0. The van der Waals surface area contributed by atoms with Crippen LogP contribution in [0.5, 0.6) is 0 Å². The Hall–Kier alpha value is -2.10. The number of carbonyl (C=O) groups excluding carboxylic acids is 1. The summed E-state index contributed by atoms with van der Waals surface area (Å²) in [4.78, 5) is 11.3. The van der Waals surface area contributed by atoms with E-state index in [2.05, 4.69) is 0 Å². The molecule has 1 nitrogen and oxygen atoms in total. The summed E-state index contributed by atoms with van der Waals surface area (Å²) >= 11 is 0. The Kier molecular flexibility index (Phi) is 3.19. The summed E-state index contributed by atoms with van der Waals surface area (Å²) < 4.78 is 37.4. The van der Waals surface area contributed by atoms with Crippen molar-refractivity contribution in [2.75, 3.05) is 0 Å². The van der Waals surface area contributed by atoms with Gasteiger partial charge >= 0.3 is 6.18 Å². The van der Waals surface area contributed by atoms with Crippen molar-refractivity contribution in [3.05, 3.63) is 60.2 Å². The summed E-state index contributed by atoms with van der Waals surface area (Å²) in [6, 6.07) is 14.3. The zero-order valence-corrected chi connectivity index (χ0v) is 9.24. The van der Waals surface area contributed by atoms with Crippen LogP contribution in [0.1, 0.15) is 10.4 Å². The molecule has 0 spiro atoms. The number of Topliss-reactive ketones (excluding diaryl/α,β-unsaturated/α-hetero) is 1. The number of hydrogen-bond donors (Lipinski definition) is 0. The summed E-state index contributed by atoms with van der Waals surface area (Å²) in [7, 11) is 0.